The monoisotopic (exact) mass is 225 g/mol. The van der Waals surface area contributed by atoms with Crippen LogP contribution in [0.1, 0.15) is 33.1 Å². The Morgan fingerprint density at radius 3 is 2.50 bits per heavy atom. The average molecular weight is 225 g/mol. The summed E-state index contributed by atoms with van der Waals surface area (Å²) in [4.78, 5) is 14.2. The van der Waals surface area contributed by atoms with Crippen LogP contribution in [0.15, 0.2) is 0 Å². The highest BCUT2D eigenvalue weighted by molar-refractivity contribution is 5.79. The smallest absolute Gasteiger partial charge is 0.225 e. The van der Waals surface area contributed by atoms with Gasteiger partial charge in [-0.1, -0.05) is 0 Å². The van der Waals surface area contributed by atoms with Crippen molar-refractivity contribution >= 4 is 5.91 Å². The first-order chi connectivity index (χ1) is 7.76. The minimum absolute atomic E-state index is 0.324. The minimum Gasteiger partial charge on any atom is -0.380 e. The molecule has 0 aromatic rings. The van der Waals surface area contributed by atoms with E-state index in [1.165, 1.54) is 6.42 Å². The van der Waals surface area contributed by atoms with E-state index in [9.17, 15) is 4.79 Å². The molecule has 0 heterocycles. The van der Waals surface area contributed by atoms with Crippen molar-refractivity contribution in [2.75, 3.05) is 26.3 Å². The molecule has 0 aliphatic heterocycles. The highest BCUT2D eigenvalue weighted by Gasteiger charge is 2.48. The van der Waals surface area contributed by atoms with Crippen molar-refractivity contribution in [2.45, 2.75) is 33.1 Å². The van der Waals surface area contributed by atoms with Gasteiger partial charge in [-0.3, -0.25) is 4.79 Å². The SMILES string of the molecule is CCOCCN(CC)C(=O)C1CC2CC2C1. The van der Waals surface area contributed by atoms with Crippen LogP contribution in [0.5, 0.6) is 0 Å². The molecule has 2 atom stereocenters. The van der Waals surface area contributed by atoms with Gasteiger partial charge in [-0.15, -0.1) is 0 Å². The summed E-state index contributed by atoms with van der Waals surface area (Å²) in [5.41, 5.74) is 0. The topological polar surface area (TPSA) is 29.5 Å². The van der Waals surface area contributed by atoms with Crippen LogP contribution >= 0.6 is 0 Å². The number of rotatable bonds is 6. The summed E-state index contributed by atoms with van der Waals surface area (Å²) in [6.07, 6.45) is 3.68. The van der Waals surface area contributed by atoms with Crippen LogP contribution in [0.3, 0.4) is 0 Å². The molecule has 0 bridgehead atoms. The van der Waals surface area contributed by atoms with Crippen LogP contribution in [0.2, 0.25) is 0 Å². The van der Waals surface area contributed by atoms with Crippen molar-refractivity contribution in [3.8, 4) is 0 Å². The molecule has 3 nitrogen and oxygen atoms in total. The summed E-state index contributed by atoms with van der Waals surface area (Å²) in [5, 5.41) is 0. The quantitative estimate of drug-likeness (QED) is 0.646. The summed E-state index contributed by atoms with van der Waals surface area (Å²) in [7, 11) is 0. The molecule has 3 heteroatoms. The molecule has 2 aliphatic carbocycles. The summed E-state index contributed by atoms with van der Waals surface area (Å²) >= 11 is 0. The molecule has 0 aromatic carbocycles. The first-order valence-electron chi connectivity index (χ1n) is 6.62. The van der Waals surface area contributed by atoms with Crippen molar-refractivity contribution in [1.82, 2.24) is 4.90 Å². The maximum atomic E-state index is 12.2. The van der Waals surface area contributed by atoms with E-state index in [2.05, 4.69) is 6.92 Å². The second-order valence-corrected chi connectivity index (χ2v) is 5.04. The first kappa shape index (κ1) is 11.9. The molecule has 2 aliphatic rings. The van der Waals surface area contributed by atoms with E-state index in [0.717, 1.165) is 44.4 Å². The summed E-state index contributed by atoms with van der Waals surface area (Å²) < 4.78 is 5.31. The third-order valence-corrected chi connectivity index (χ3v) is 4.00. The lowest BCUT2D eigenvalue weighted by Gasteiger charge is -2.24. The standard InChI is InChI=1S/C13H23NO2/c1-3-14(5-6-16-4-2)13(15)12-8-10-7-11(10)9-12/h10-12H,3-9H2,1-2H3. The number of carbonyl (C=O) groups is 1. The average Bonchev–Trinajstić information content (AvgIpc) is 2.91. The highest BCUT2D eigenvalue weighted by atomic mass is 16.5. The lowest BCUT2D eigenvalue weighted by Crippen LogP contribution is -2.38. The number of hydrogen-bond acceptors (Lipinski definition) is 2. The molecular weight excluding hydrogens is 202 g/mol. The third-order valence-electron chi connectivity index (χ3n) is 4.00. The van der Waals surface area contributed by atoms with Gasteiger partial charge in [0.15, 0.2) is 0 Å². The van der Waals surface area contributed by atoms with Crippen LogP contribution in [0.25, 0.3) is 0 Å². The third kappa shape index (κ3) is 2.57. The predicted molar refractivity (Wildman–Crippen MR) is 63.1 cm³/mol. The molecule has 2 unspecified atom stereocenters. The number of amides is 1. The first-order valence-corrected chi connectivity index (χ1v) is 6.62. The fourth-order valence-corrected chi connectivity index (χ4v) is 2.92. The van der Waals surface area contributed by atoms with Gasteiger partial charge in [0.2, 0.25) is 5.91 Å². The number of fused-ring (bicyclic) bond motifs is 1. The minimum atomic E-state index is 0.324. The Balaban J connectivity index is 1.76. The van der Waals surface area contributed by atoms with Crippen LogP contribution < -0.4 is 0 Å². The largest absolute Gasteiger partial charge is 0.380 e. The van der Waals surface area contributed by atoms with Gasteiger partial charge >= 0.3 is 0 Å². The lowest BCUT2D eigenvalue weighted by atomic mass is 10.0. The van der Waals surface area contributed by atoms with E-state index >= 15 is 0 Å². The molecule has 92 valence electrons. The molecule has 2 fully saturated rings. The van der Waals surface area contributed by atoms with E-state index in [0.29, 0.717) is 18.4 Å². The number of nitrogens with zero attached hydrogens (tertiary/aromatic N) is 1. The Labute approximate surface area is 98.1 Å². The fourth-order valence-electron chi connectivity index (χ4n) is 2.92. The molecule has 0 N–H and O–H groups in total. The van der Waals surface area contributed by atoms with Crippen molar-refractivity contribution in [3.63, 3.8) is 0 Å². The molecule has 1 amide bonds. The zero-order chi connectivity index (χ0) is 11.5. The van der Waals surface area contributed by atoms with E-state index < -0.39 is 0 Å². The van der Waals surface area contributed by atoms with E-state index in [1.54, 1.807) is 0 Å². The van der Waals surface area contributed by atoms with Crippen LogP contribution in [0, 0.1) is 17.8 Å². The maximum Gasteiger partial charge on any atom is 0.225 e. The predicted octanol–water partition coefficient (Wildman–Crippen LogP) is 1.92. The van der Waals surface area contributed by atoms with Gasteiger partial charge in [0, 0.05) is 25.6 Å². The normalized spacial score (nSPS) is 31.2. The summed E-state index contributed by atoms with van der Waals surface area (Å²) in [6.45, 7) is 7.03. The Bertz CT molecular complexity index is 244. The van der Waals surface area contributed by atoms with Crippen molar-refractivity contribution in [1.29, 1.82) is 0 Å². The van der Waals surface area contributed by atoms with Gasteiger partial charge in [-0.2, -0.15) is 0 Å². The van der Waals surface area contributed by atoms with Gasteiger partial charge < -0.3 is 9.64 Å². The fraction of sp³-hybridized carbons (Fsp3) is 0.923. The highest BCUT2D eigenvalue weighted by Crippen LogP contribution is 2.54. The van der Waals surface area contributed by atoms with Gasteiger partial charge in [0.25, 0.3) is 0 Å². The van der Waals surface area contributed by atoms with Gasteiger partial charge in [0.05, 0.1) is 6.61 Å². The van der Waals surface area contributed by atoms with E-state index in [-0.39, 0.29) is 0 Å². The Morgan fingerprint density at radius 1 is 1.25 bits per heavy atom. The van der Waals surface area contributed by atoms with Crippen LogP contribution in [-0.4, -0.2) is 37.1 Å². The van der Waals surface area contributed by atoms with Crippen molar-refractivity contribution in [3.05, 3.63) is 0 Å². The van der Waals surface area contributed by atoms with Crippen LogP contribution in [0.4, 0.5) is 0 Å². The Kier molecular flexibility index (Phi) is 3.85. The van der Waals surface area contributed by atoms with E-state index in [1.807, 2.05) is 11.8 Å². The van der Waals surface area contributed by atoms with Gasteiger partial charge in [-0.25, -0.2) is 0 Å². The second kappa shape index (κ2) is 5.17. The Morgan fingerprint density at radius 2 is 1.94 bits per heavy atom. The zero-order valence-corrected chi connectivity index (χ0v) is 10.4. The molecular formula is C13H23NO2. The zero-order valence-electron chi connectivity index (χ0n) is 10.4. The number of likely N-dealkylation sites (N-methyl/N-ethyl adjacent to an activating group) is 1. The molecule has 0 aromatic heterocycles. The van der Waals surface area contributed by atoms with Crippen LogP contribution in [-0.2, 0) is 9.53 Å². The molecule has 0 radical (unpaired) electrons. The van der Waals surface area contributed by atoms with Gasteiger partial charge in [-0.05, 0) is 44.9 Å². The number of hydrogen-bond donors (Lipinski definition) is 0. The van der Waals surface area contributed by atoms with E-state index in [4.69, 9.17) is 4.74 Å². The summed E-state index contributed by atoms with van der Waals surface area (Å²) in [6, 6.07) is 0. The summed E-state index contributed by atoms with van der Waals surface area (Å²) in [5.74, 6) is 2.47. The maximum absolute atomic E-state index is 12.2. The lowest BCUT2D eigenvalue weighted by molar-refractivity contribution is -0.136. The molecule has 2 saturated carbocycles. The Hall–Kier alpha value is -0.570. The number of ether oxygens (including phenoxy) is 1. The molecule has 0 saturated heterocycles. The number of carbonyl (C=O) groups excluding carboxylic acids is 1. The van der Waals surface area contributed by atoms with Crippen molar-refractivity contribution < 1.29 is 9.53 Å². The molecule has 2 rings (SSSR count). The van der Waals surface area contributed by atoms with Crippen molar-refractivity contribution in [2.24, 2.45) is 17.8 Å². The molecule has 0 spiro atoms. The van der Waals surface area contributed by atoms with Gasteiger partial charge in [0.1, 0.15) is 0 Å². The second-order valence-electron chi connectivity index (χ2n) is 5.04. The molecule has 16 heavy (non-hydrogen) atoms.